The molecular formula is C16H21N3OS. The van der Waals surface area contributed by atoms with Gasteiger partial charge in [0, 0.05) is 23.6 Å². The lowest BCUT2D eigenvalue weighted by Gasteiger charge is -2.19. The minimum absolute atomic E-state index is 0.0737. The van der Waals surface area contributed by atoms with E-state index in [1.807, 2.05) is 30.3 Å². The molecule has 0 unspecified atom stereocenters. The number of aromatic nitrogens is 2. The first-order valence-electron chi connectivity index (χ1n) is 6.88. The van der Waals surface area contributed by atoms with Gasteiger partial charge in [0.15, 0.2) is 0 Å². The molecule has 0 radical (unpaired) electrons. The summed E-state index contributed by atoms with van der Waals surface area (Å²) in [5.41, 5.74) is 1.02. The molecule has 0 bridgehead atoms. The van der Waals surface area contributed by atoms with E-state index in [1.54, 1.807) is 7.11 Å². The average molecular weight is 303 g/mol. The Labute approximate surface area is 130 Å². The Morgan fingerprint density at radius 1 is 1.29 bits per heavy atom. The molecule has 2 N–H and O–H groups in total. The van der Waals surface area contributed by atoms with Crippen LogP contribution in [0.1, 0.15) is 32.2 Å². The van der Waals surface area contributed by atoms with Gasteiger partial charge >= 0.3 is 0 Å². The first-order chi connectivity index (χ1) is 9.90. The molecule has 1 aromatic carbocycles. The number of hydrogen-bond acceptors (Lipinski definition) is 4. The van der Waals surface area contributed by atoms with E-state index in [9.17, 15) is 0 Å². The van der Waals surface area contributed by atoms with Gasteiger partial charge in [-0.1, -0.05) is 51.2 Å². The largest absolute Gasteiger partial charge is 0.496 e. The highest BCUT2D eigenvalue weighted by molar-refractivity contribution is 7.71. The number of methoxy groups -OCH3 is 1. The Bertz CT molecular complexity index is 674. The number of rotatable bonds is 4. The lowest BCUT2D eigenvalue weighted by Crippen LogP contribution is -2.17. The Morgan fingerprint density at radius 3 is 2.67 bits per heavy atom. The Kier molecular flexibility index (Phi) is 4.63. The van der Waals surface area contributed by atoms with Crippen molar-refractivity contribution in [1.29, 1.82) is 0 Å². The van der Waals surface area contributed by atoms with E-state index < -0.39 is 0 Å². The fourth-order valence-electron chi connectivity index (χ4n) is 1.95. The van der Waals surface area contributed by atoms with E-state index in [2.05, 4.69) is 36.1 Å². The number of ether oxygens (including phenoxy) is 1. The van der Waals surface area contributed by atoms with Gasteiger partial charge in [0.2, 0.25) is 0 Å². The quantitative estimate of drug-likeness (QED) is 0.836. The summed E-state index contributed by atoms with van der Waals surface area (Å²) >= 11 is 5.24. The van der Waals surface area contributed by atoms with Crippen molar-refractivity contribution in [2.24, 2.45) is 0 Å². The zero-order valence-electron chi connectivity index (χ0n) is 12.9. The van der Waals surface area contributed by atoms with Crippen LogP contribution in [0.2, 0.25) is 0 Å². The zero-order valence-corrected chi connectivity index (χ0v) is 13.7. The van der Waals surface area contributed by atoms with E-state index >= 15 is 0 Å². The molecule has 0 aliphatic carbocycles. The predicted octanol–water partition coefficient (Wildman–Crippen LogP) is 4.06. The molecule has 0 amide bonds. The predicted molar refractivity (Wildman–Crippen MR) is 88.4 cm³/mol. The maximum Gasteiger partial charge on any atom is 0.131 e. The lowest BCUT2D eigenvalue weighted by atomic mass is 9.96. The molecule has 0 fully saturated rings. The normalized spacial score (nSPS) is 11.2. The van der Waals surface area contributed by atoms with Crippen LogP contribution in [0.25, 0.3) is 0 Å². The Morgan fingerprint density at radius 2 is 2.00 bits per heavy atom. The molecular weight excluding hydrogens is 282 g/mol. The van der Waals surface area contributed by atoms with Crippen molar-refractivity contribution in [3.05, 3.63) is 46.4 Å². The number of hydrogen-bond donors (Lipinski definition) is 2. The van der Waals surface area contributed by atoms with Gasteiger partial charge in [-0.25, -0.2) is 4.98 Å². The lowest BCUT2D eigenvalue weighted by molar-refractivity contribution is 0.410. The van der Waals surface area contributed by atoms with E-state index in [0.29, 0.717) is 11.2 Å². The molecule has 0 saturated heterocycles. The molecule has 0 aliphatic heterocycles. The number of aromatic amines is 1. The van der Waals surface area contributed by atoms with Crippen molar-refractivity contribution in [2.75, 3.05) is 12.4 Å². The topological polar surface area (TPSA) is 49.9 Å². The molecule has 5 heteroatoms. The number of para-hydroxylation sites is 1. The number of H-pyrrole nitrogens is 1. The molecule has 0 saturated carbocycles. The first kappa shape index (κ1) is 15.5. The molecule has 21 heavy (non-hydrogen) atoms. The van der Waals surface area contributed by atoms with Crippen molar-refractivity contribution in [2.45, 2.75) is 32.7 Å². The SMILES string of the molecule is COc1ccccc1CNc1cc(=S)nc(C(C)(C)C)[nH]1. The summed E-state index contributed by atoms with van der Waals surface area (Å²) in [5, 5.41) is 3.35. The highest BCUT2D eigenvalue weighted by Gasteiger charge is 2.16. The van der Waals surface area contributed by atoms with Gasteiger partial charge in [-0.15, -0.1) is 0 Å². The molecule has 0 aliphatic rings. The van der Waals surface area contributed by atoms with Crippen LogP contribution in [0.4, 0.5) is 5.82 Å². The van der Waals surface area contributed by atoms with Crippen LogP contribution in [0.15, 0.2) is 30.3 Å². The van der Waals surface area contributed by atoms with Gasteiger partial charge in [0.1, 0.15) is 22.0 Å². The highest BCUT2D eigenvalue weighted by Crippen LogP contribution is 2.21. The average Bonchev–Trinajstić information content (AvgIpc) is 2.44. The van der Waals surface area contributed by atoms with Crippen LogP contribution < -0.4 is 10.1 Å². The summed E-state index contributed by atoms with van der Waals surface area (Å²) in [5.74, 6) is 2.61. The maximum atomic E-state index is 5.35. The molecule has 4 nitrogen and oxygen atoms in total. The van der Waals surface area contributed by atoms with Gasteiger partial charge in [-0.05, 0) is 6.07 Å². The van der Waals surface area contributed by atoms with Crippen LogP contribution in [0.3, 0.4) is 0 Å². The third kappa shape index (κ3) is 4.04. The summed E-state index contributed by atoms with van der Waals surface area (Å²) in [7, 11) is 1.68. The Hall–Kier alpha value is -1.88. The van der Waals surface area contributed by atoms with Gasteiger partial charge in [-0.2, -0.15) is 0 Å². The van der Waals surface area contributed by atoms with Gasteiger partial charge < -0.3 is 15.0 Å². The van der Waals surface area contributed by atoms with Gasteiger partial charge in [0.25, 0.3) is 0 Å². The van der Waals surface area contributed by atoms with E-state index in [0.717, 1.165) is 23.0 Å². The second-order valence-corrected chi connectivity index (χ2v) is 6.32. The molecule has 112 valence electrons. The van der Waals surface area contributed by atoms with Crippen LogP contribution in [0.5, 0.6) is 5.75 Å². The molecule has 0 atom stereocenters. The summed E-state index contributed by atoms with van der Waals surface area (Å²) in [6.45, 7) is 6.96. The van der Waals surface area contributed by atoms with Crippen molar-refractivity contribution in [1.82, 2.24) is 9.97 Å². The fraction of sp³-hybridized carbons (Fsp3) is 0.375. The number of anilines is 1. The minimum Gasteiger partial charge on any atom is -0.496 e. The summed E-state index contributed by atoms with van der Waals surface area (Å²) < 4.78 is 5.94. The molecule has 2 rings (SSSR count). The van der Waals surface area contributed by atoms with Crippen molar-refractivity contribution in [3.8, 4) is 5.75 Å². The zero-order chi connectivity index (χ0) is 15.5. The fourth-order valence-corrected chi connectivity index (χ4v) is 2.16. The second kappa shape index (κ2) is 6.26. The van der Waals surface area contributed by atoms with E-state index in [1.165, 1.54) is 0 Å². The maximum absolute atomic E-state index is 5.35. The number of nitrogens with one attached hydrogen (secondary N) is 2. The summed E-state index contributed by atoms with van der Waals surface area (Å²) in [4.78, 5) is 7.69. The third-order valence-corrected chi connectivity index (χ3v) is 3.32. The van der Waals surface area contributed by atoms with Gasteiger partial charge in [-0.3, -0.25) is 0 Å². The standard InChI is InChI=1S/C16H21N3OS/c1-16(2,3)15-18-13(9-14(21)19-15)17-10-11-7-5-6-8-12(11)20-4/h5-9H,10H2,1-4H3,(H2,17,18,19,21). The van der Waals surface area contributed by atoms with E-state index in [4.69, 9.17) is 17.0 Å². The van der Waals surface area contributed by atoms with Crippen LogP contribution in [-0.2, 0) is 12.0 Å². The second-order valence-electron chi connectivity index (χ2n) is 5.90. The van der Waals surface area contributed by atoms with Crippen LogP contribution >= 0.6 is 12.2 Å². The van der Waals surface area contributed by atoms with Crippen LogP contribution in [-0.4, -0.2) is 17.1 Å². The monoisotopic (exact) mass is 303 g/mol. The van der Waals surface area contributed by atoms with Gasteiger partial charge in [0.05, 0.1) is 7.11 Å². The number of benzene rings is 1. The summed E-state index contributed by atoms with van der Waals surface area (Å²) in [6.07, 6.45) is 0. The van der Waals surface area contributed by atoms with Crippen molar-refractivity contribution >= 4 is 18.0 Å². The molecule has 1 aromatic heterocycles. The van der Waals surface area contributed by atoms with E-state index in [-0.39, 0.29) is 5.41 Å². The molecule has 1 heterocycles. The minimum atomic E-state index is -0.0737. The highest BCUT2D eigenvalue weighted by atomic mass is 32.1. The Balaban J connectivity index is 2.21. The first-order valence-corrected chi connectivity index (χ1v) is 7.28. The number of nitrogens with zero attached hydrogens (tertiary/aromatic N) is 1. The van der Waals surface area contributed by atoms with Crippen LogP contribution in [0, 0.1) is 4.64 Å². The van der Waals surface area contributed by atoms with Crippen molar-refractivity contribution in [3.63, 3.8) is 0 Å². The smallest absolute Gasteiger partial charge is 0.131 e. The molecule has 0 spiro atoms. The third-order valence-electron chi connectivity index (χ3n) is 3.12. The summed E-state index contributed by atoms with van der Waals surface area (Å²) in [6, 6.07) is 9.77. The van der Waals surface area contributed by atoms with Crippen molar-refractivity contribution < 1.29 is 4.74 Å². The molecule has 2 aromatic rings.